The minimum Gasteiger partial charge on any atom is -0.340 e. The Morgan fingerprint density at radius 2 is 1.91 bits per heavy atom. The lowest BCUT2D eigenvalue weighted by atomic mass is 9.90. The van der Waals surface area contributed by atoms with Gasteiger partial charge in [-0.2, -0.15) is 10.2 Å². The predicted molar refractivity (Wildman–Crippen MR) is 131 cm³/mol. The van der Waals surface area contributed by atoms with Crippen LogP contribution < -0.4 is 0 Å². The average molecular weight is 501 g/mol. The summed E-state index contributed by atoms with van der Waals surface area (Å²) in [6.45, 7) is 4.78. The number of carbonyl (C=O) groups excluding carboxylic acids is 1. The van der Waals surface area contributed by atoms with E-state index in [9.17, 15) is 9.18 Å². The second-order valence-electron chi connectivity index (χ2n) is 9.32. The van der Waals surface area contributed by atoms with Gasteiger partial charge in [0.05, 0.1) is 11.7 Å². The van der Waals surface area contributed by atoms with E-state index in [1.165, 1.54) is 6.07 Å². The van der Waals surface area contributed by atoms with Crippen molar-refractivity contribution in [2.24, 2.45) is 0 Å². The molecule has 0 unspecified atom stereocenters. The maximum Gasteiger partial charge on any atom is 0.260 e. The van der Waals surface area contributed by atoms with Crippen molar-refractivity contribution in [3.63, 3.8) is 0 Å². The normalized spacial score (nSPS) is 19.3. The van der Waals surface area contributed by atoms with Crippen LogP contribution in [0.5, 0.6) is 0 Å². The number of imidazole rings is 1. The molecule has 7 nitrogen and oxygen atoms in total. The Morgan fingerprint density at radius 1 is 1.14 bits per heavy atom. The lowest BCUT2D eigenvalue weighted by Gasteiger charge is -2.40. The lowest BCUT2D eigenvalue weighted by Crippen LogP contribution is -2.53. The van der Waals surface area contributed by atoms with Crippen LogP contribution >= 0.6 is 11.8 Å². The molecule has 0 spiro atoms. The minimum absolute atomic E-state index is 0.103. The number of likely N-dealkylation sites (tertiary alicyclic amines) is 2. The van der Waals surface area contributed by atoms with Crippen LogP contribution in [0, 0.1) is 5.82 Å². The molecule has 2 aliphatic heterocycles. The summed E-state index contributed by atoms with van der Waals surface area (Å²) in [5, 5.41) is 8.48. The quantitative estimate of drug-likeness (QED) is 0.472. The number of rotatable bonds is 6. The van der Waals surface area contributed by atoms with Gasteiger partial charge in [0, 0.05) is 57.8 Å². The third-order valence-electron chi connectivity index (χ3n) is 7.11. The molecule has 1 amide bonds. The Labute approximate surface area is 207 Å². The van der Waals surface area contributed by atoms with Crippen LogP contribution in [0.1, 0.15) is 44.2 Å². The highest BCUT2D eigenvalue weighted by molar-refractivity contribution is 7.99. The van der Waals surface area contributed by atoms with E-state index in [0.717, 1.165) is 22.0 Å². The molecular weight excluding hydrogens is 470 g/mol. The molecule has 2 aliphatic rings. The molecule has 3 aromatic rings. The van der Waals surface area contributed by atoms with Gasteiger partial charge < -0.3 is 9.47 Å². The van der Waals surface area contributed by atoms with Crippen molar-refractivity contribution in [1.82, 2.24) is 29.5 Å². The number of thioether (sulfide) groups is 1. The number of nitrogens with zero attached hydrogens (tertiary/aromatic N) is 6. The highest BCUT2D eigenvalue weighted by atomic mass is 32.2. The summed E-state index contributed by atoms with van der Waals surface area (Å²) in [5.74, 6) is 0.130. The Morgan fingerprint density at radius 3 is 2.60 bits per heavy atom. The molecule has 0 saturated carbocycles. The summed E-state index contributed by atoms with van der Waals surface area (Å²) in [7, 11) is 0. The van der Waals surface area contributed by atoms with Crippen molar-refractivity contribution in [3.8, 4) is 0 Å². The van der Waals surface area contributed by atoms with Crippen LogP contribution in [0.3, 0.4) is 0 Å². The first-order chi connectivity index (χ1) is 17.0. The molecule has 2 saturated heterocycles. The van der Waals surface area contributed by atoms with Crippen LogP contribution in [-0.2, 0) is 11.3 Å². The van der Waals surface area contributed by atoms with Crippen molar-refractivity contribution in [2.45, 2.75) is 56.0 Å². The van der Waals surface area contributed by atoms with Gasteiger partial charge in [-0.3, -0.25) is 9.69 Å². The number of para-hydroxylation sites is 1. The Balaban J connectivity index is 1.22. The first kappa shape index (κ1) is 24.1. The van der Waals surface area contributed by atoms with E-state index in [-0.39, 0.29) is 30.6 Å². The minimum atomic E-state index is -1.81. The SMILES string of the molecule is CCSc1nc2c(F)cccc2n1C1CCN(C(=O)C2(F)CCN(Cc3ccnnc3)CC2)CC1. The van der Waals surface area contributed by atoms with Crippen LogP contribution in [0.25, 0.3) is 11.0 Å². The van der Waals surface area contributed by atoms with Crippen LogP contribution in [0.4, 0.5) is 8.78 Å². The van der Waals surface area contributed by atoms with Gasteiger partial charge in [-0.25, -0.2) is 13.8 Å². The first-order valence-electron chi connectivity index (χ1n) is 12.2. The molecule has 0 N–H and O–H groups in total. The Kier molecular flexibility index (Phi) is 7.02. The standard InChI is InChI=1S/C25H30F2N6OS/c1-2-35-24-30-22-20(26)4-3-5-21(22)33(24)19-7-12-32(13-8-19)23(34)25(27)9-14-31(15-10-25)17-18-6-11-28-29-16-18/h3-6,11,16,19H,2,7-10,12-15,17H2,1H3. The molecule has 0 aliphatic carbocycles. The Hall–Kier alpha value is -2.59. The monoisotopic (exact) mass is 500 g/mol. The number of piperidine rings is 2. The third-order valence-corrected chi connectivity index (χ3v) is 7.95. The first-order valence-corrected chi connectivity index (χ1v) is 13.2. The highest BCUT2D eigenvalue weighted by Crippen LogP contribution is 2.36. The topological polar surface area (TPSA) is 67.2 Å². The molecule has 1 aromatic carbocycles. The summed E-state index contributed by atoms with van der Waals surface area (Å²) in [5.41, 5.74) is 0.393. The number of halogens is 2. The largest absolute Gasteiger partial charge is 0.340 e. The fourth-order valence-electron chi connectivity index (χ4n) is 5.21. The number of fused-ring (bicyclic) bond motifs is 1. The molecule has 2 fully saturated rings. The van der Waals surface area contributed by atoms with Crippen molar-refractivity contribution < 1.29 is 13.6 Å². The molecule has 2 aromatic heterocycles. The molecule has 0 bridgehead atoms. The van der Waals surface area contributed by atoms with Crippen molar-refractivity contribution >= 4 is 28.7 Å². The van der Waals surface area contributed by atoms with Crippen molar-refractivity contribution in [3.05, 3.63) is 48.0 Å². The van der Waals surface area contributed by atoms with E-state index >= 15 is 4.39 Å². The second-order valence-corrected chi connectivity index (χ2v) is 10.6. The van der Waals surface area contributed by atoms with Gasteiger partial charge in [0.25, 0.3) is 5.91 Å². The van der Waals surface area contributed by atoms with E-state index < -0.39 is 5.67 Å². The van der Waals surface area contributed by atoms with Gasteiger partial charge in [0.1, 0.15) is 5.52 Å². The maximum atomic E-state index is 15.8. The smallest absolute Gasteiger partial charge is 0.260 e. The number of hydrogen-bond donors (Lipinski definition) is 0. The van der Waals surface area contributed by atoms with Gasteiger partial charge in [-0.1, -0.05) is 24.8 Å². The maximum absolute atomic E-state index is 15.8. The summed E-state index contributed by atoms with van der Waals surface area (Å²) >= 11 is 1.59. The van der Waals surface area contributed by atoms with E-state index in [0.29, 0.717) is 51.1 Å². The van der Waals surface area contributed by atoms with E-state index in [1.807, 2.05) is 19.1 Å². The zero-order valence-corrected chi connectivity index (χ0v) is 20.7. The molecular formula is C25H30F2N6OS. The van der Waals surface area contributed by atoms with Crippen LogP contribution in [-0.4, -0.2) is 73.1 Å². The molecule has 10 heteroatoms. The van der Waals surface area contributed by atoms with E-state index in [1.54, 1.807) is 35.1 Å². The van der Waals surface area contributed by atoms with E-state index in [4.69, 9.17) is 0 Å². The van der Waals surface area contributed by atoms with Crippen LogP contribution in [0.15, 0.2) is 41.8 Å². The molecule has 5 rings (SSSR count). The van der Waals surface area contributed by atoms with Gasteiger partial charge in [0.2, 0.25) is 0 Å². The number of aromatic nitrogens is 4. The Bertz CT molecular complexity index is 1170. The van der Waals surface area contributed by atoms with Gasteiger partial charge in [-0.05, 0) is 42.4 Å². The average Bonchev–Trinajstić information content (AvgIpc) is 3.25. The molecule has 186 valence electrons. The zero-order chi connectivity index (χ0) is 24.4. The highest BCUT2D eigenvalue weighted by Gasteiger charge is 2.45. The van der Waals surface area contributed by atoms with Gasteiger partial charge in [-0.15, -0.1) is 0 Å². The number of alkyl halides is 1. The molecule has 0 atom stereocenters. The molecule has 4 heterocycles. The number of hydrogen-bond acceptors (Lipinski definition) is 6. The van der Waals surface area contributed by atoms with Gasteiger partial charge >= 0.3 is 0 Å². The zero-order valence-electron chi connectivity index (χ0n) is 19.9. The second kappa shape index (κ2) is 10.2. The summed E-state index contributed by atoms with van der Waals surface area (Å²) in [6.07, 6.45) is 5.16. The number of carbonyl (C=O) groups is 1. The molecule has 0 radical (unpaired) electrons. The molecule has 35 heavy (non-hydrogen) atoms. The van der Waals surface area contributed by atoms with Crippen molar-refractivity contribution in [2.75, 3.05) is 31.9 Å². The summed E-state index contributed by atoms with van der Waals surface area (Å²) < 4.78 is 32.2. The summed E-state index contributed by atoms with van der Waals surface area (Å²) in [4.78, 5) is 21.6. The van der Waals surface area contributed by atoms with Gasteiger partial charge in [0.15, 0.2) is 16.6 Å². The number of benzene rings is 1. The van der Waals surface area contributed by atoms with Crippen molar-refractivity contribution in [1.29, 1.82) is 0 Å². The predicted octanol–water partition coefficient (Wildman–Crippen LogP) is 4.25. The van der Waals surface area contributed by atoms with Crippen LogP contribution in [0.2, 0.25) is 0 Å². The summed E-state index contributed by atoms with van der Waals surface area (Å²) in [6, 6.07) is 7.05. The third kappa shape index (κ3) is 4.91. The number of amides is 1. The fraction of sp³-hybridized carbons (Fsp3) is 0.520. The van der Waals surface area contributed by atoms with E-state index in [2.05, 4.69) is 24.6 Å². The lowest BCUT2D eigenvalue weighted by molar-refractivity contribution is -0.149. The fourth-order valence-corrected chi connectivity index (χ4v) is 6.01.